The lowest BCUT2D eigenvalue weighted by Crippen LogP contribution is -2.07. The quantitative estimate of drug-likeness (QED) is 0.627. The molecule has 0 saturated heterocycles. The predicted molar refractivity (Wildman–Crippen MR) is 52.6 cm³/mol. The molecule has 1 rings (SSSR count). The predicted octanol–water partition coefficient (Wildman–Crippen LogP) is 2.35. The molecule has 0 saturated carbocycles. The molecule has 0 aromatic heterocycles. The van der Waals surface area contributed by atoms with E-state index in [-0.39, 0.29) is 5.02 Å². The van der Waals surface area contributed by atoms with Crippen LogP contribution in [0, 0.1) is 5.82 Å². The molecule has 0 aliphatic heterocycles. The minimum absolute atomic E-state index is 0.0165. The largest absolute Gasteiger partial charge is 0.398 e. The first kappa shape index (κ1) is 11.2. The van der Waals surface area contributed by atoms with Gasteiger partial charge in [-0.05, 0) is 12.1 Å². The third-order valence-electron chi connectivity index (χ3n) is 1.81. The molecule has 0 unspecified atom stereocenters. The van der Waals surface area contributed by atoms with Gasteiger partial charge in [0.1, 0.15) is 5.82 Å². The Bertz CT molecular complexity index is 329. The summed E-state index contributed by atoms with van der Waals surface area (Å²) in [4.78, 5) is 0. The summed E-state index contributed by atoms with van der Waals surface area (Å²) >= 11 is 5.54. The van der Waals surface area contributed by atoms with Gasteiger partial charge >= 0.3 is 0 Å². The van der Waals surface area contributed by atoms with Crippen molar-refractivity contribution in [3.63, 3.8) is 0 Å². The van der Waals surface area contributed by atoms with Crippen molar-refractivity contribution in [3.05, 3.63) is 28.5 Å². The van der Waals surface area contributed by atoms with Crippen LogP contribution in [0.2, 0.25) is 5.02 Å². The van der Waals surface area contributed by atoms with Crippen molar-refractivity contribution in [1.29, 1.82) is 0 Å². The molecule has 0 fully saturated rings. The molecule has 14 heavy (non-hydrogen) atoms. The second-order valence-corrected chi connectivity index (χ2v) is 3.11. The fourth-order valence-corrected chi connectivity index (χ4v) is 1.30. The molecule has 2 N–H and O–H groups in total. The highest BCUT2D eigenvalue weighted by Crippen LogP contribution is 2.28. The standard InChI is InChI=1S/C9H11ClFNO2/c1-13-9(14-2)5-3-7(11)6(10)4-8(5)12/h3-4,9H,12H2,1-2H3. The first-order valence-electron chi connectivity index (χ1n) is 3.90. The van der Waals surface area contributed by atoms with E-state index in [0.717, 1.165) is 0 Å². The molecular formula is C9H11ClFNO2. The lowest BCUT2D eigenvalue weighted by atomic mass is 10.1. The molecule has 0 aliphatic rings. The molecule has 0 amide bonds. The minimum atomic E-state index is -0.679. The number of nitrogens with two attached hydrogens (primary N) is 1. The monoisotopic (exact) mass is 219 g/mol. The van der Waals surface area contributed by atoms with Crippen LogP contribution in [0.25, 0.3) is 0 Å². The van der Waals surface area contributed by atoms with Gasteiger partial charge in [0.05, 0.1) is 5.02 Å². The number of nitrogen functional groups attached to an aromatic ring is 1. The second-order valence-electron chi connectivity index (χ2n) is 2.70. The lowest BCUT2D eigenvalue weighted by molar-refractivity contribution is -0.105. The Morgan fingerprint density at radius 3 is 2.43 bits per heavy atom. The number of rotatable bonds is 3. The van der Waals surface area contributed by atoms with Gasteiger partial charge < -0.3 is 15.2 Å². The smallest absolute Gasteiger partial charge is 0.185 e. The van der Waals surface area contributed by atoms with Crippen LogP contribution in [0.5, 0.6) is 0 Å². The molecule has 5 heteroatoms. The van der Waals surface area contributed by atoms with Gasteiger partial charge in [-0.3, -0.25) is 0 Å². The first-order chi connectivity index (χ1) is 6.60. The summed E-state index contributed by atoms with van der Waals surface area (Å²) in [5.74, 6) is -0.546. The summed E-state index contributed by atoms with van der Waals surface area (Å²) in [5.41, 5.74) is 6.40. The Labute approximate surface area is 86.6 Å². The normalized spacial score (nSPS) is 10.9. The van der Waals surface area contributed by atoms with Gasteiger partial charge in [-0.15, -0.1) is 0 Å². The Morgan fingerprint density at radius 2 is 1.93 bits per heavy atom. The summed E-state index contributed by atoms with van der Waals surface area (Å²) in [5, 5.41) is -0.0165. The average Bonchev–Trinajstić information content (AvgIpc) is 2.15. The highest BCUT2D eigenvalue weighted by Gasteiger charge is 2.15. The number of methoxy groups -OCH3 is 2. The van der Waals surface area contributed by atoms with Gasteiger partial charge in [0.15, 0.2) is 6.29 Å². The van der Waals surface area contributed by atoms with Gasteiger partial charge in [-0.25, -0.2) is 4.39 Å². The molecule has 0 atom stereocenters. The number of anilines is 1. The van der Waals surface area contributed by atoms with Gasteiger partial charge in [-0.2, -0.15) is 0 Å². The first-order valence-corrected chi connectivity index (χ1v) is 4.28. The molecule has 0 bridgehead atoms. The van der Waals surface area contributed by atoms with Crippen molar-refractivity contribution in [2.75, 3.05) is 20.0 Å². The average molecular weight is 220 g/mol. The summed E-state index contributed by atoms with van der Waals surface area (Å²) in [6, 6.07) is 2.53. The van der Waals surface area contributed by atoms with E-state index >= 15 is 0 Å². The fourth-order valence-electron chi connectivity index (χ4n) is 1.13. The Hall–Kier alpha value is -0.840. The maximum absolute atomic E-state index is 13.1. The van der Waals surface area contributed by atoms with Crippen LogP contribution in [-0.4, -0.2) is 14.2 Å². The van der Waals surface area contributed by atoms with Crippen LogP contribution in [0.3, 0.4) is 0 Å². The van der Waals surface area contributed by atoms with E-state index in [1.807, 2.05) is 0 Å². The Morgan fingerprint density at radius 1 is 1.36 bits per heavy atom. The van der Waals surface area contributed by atoms with Crippen molar-refractivity contribution in [3.8, 4) is 0 Å². The topological polar surface area (TPSA) is 44.5 Å². The van der Waals surface area contributed by atoms with E-state index in [0.29, 0.717) is 11.3 Å². The number of ether oxygens (including phenoxy) is 2. The maximum Gasteiger partial charge on any atom is 0.185 e. The molecule has 3 nitrogen and oxygen atoms in total. The fraction of sp³-hybridized carbons (Fsp3) is 0.333. The van der Waals surface area contributed by atoms with Crippen molar-refractivity contribution < 1.29 is 13.9 Å². The maximum atomic E-state index is 13.1. The molecule has 0 radical (unpaired) electrons. The van der Waals surface area contributed by atoms with Crippen LogP contribution >= 0.6 is 11.6 Å². The molecule has 1 aromatic carbocycles. The molecule has 0 heterocycles. The summed E-state index contributed by atoms with van der Waals surface area (Å²) in [7, 11) is 2.89. The third kappa shape index (κ3) is 2.15. The Balaban J connectivity index is 3.14. The molecular weight excluding hydrogens is 209 g/mol. The lowest BCUT2D eigenvalue weighted by Gasteiger charge is -2.16. The van der Waals surface area contributed by atoms with E-state index in [1.54, 1.807) is 0 Å². The van der Waals surface area contributed by atoms with Crippen LogP contribution in [0.1, 0.15) is 11.9 Å². The SMILES string of the molecule is COC(OC)c1cc(F)c(Cl)cc1N. The molecule has 78 valence electrons. The highest BCUT2D eigenvalue weighted by atomic mass is 35.5. The van der Waals surface area contributed by atoms with E-state index in [1.165, 1.54) is 26.4 Å². The minimum Gasteiger partial charge on any atom is -0.398 e. The number of hydrogen-bond donors (Lipinski definition) is 1. The van der Waals surface area contributed by atoms with Crippen LogP contribution < -0.4 is 5.73 Å². The number of benzene rings is 1. The van der Waals surface area contributed by atoms with Crippen LogP contribution in [-0.2, 0) is 9.47 Å². The zero-order valence-electron chi connectivity index (χ0n) is 7.88. The van der Waals surface area contributed by atoms with E-state index in [9.17, 15) is 4.39 Å². The van der Waals surface area contributed by atoms with E-state index in [4.69, 9.17) is 26.8 Å². The van der Waals surface area contributed by atoms with Crippen LogP contribution in [0.15, 0.2) is 12.1 Å². The number of hydrogen-bond acceptors (Lipinski definition) is 3. The van der Waals surface area contributed by atoms with Crippen molar-refractivity contribution in [2.24, 2.45) is 0 Å². The number of halogens is 2. The zero-order valence-corrected chi connectivity index (χ0v) is 8.64. The van der Waals surface area contributed by atoms with E-state index < -0.39 is 12.1 Å². The third-order valence-corrected chi connectivity index (χ3v) is 2.10. The van der Waals surface area contributed by atoms with Crippen molar-refractivity contribution in [1.82, 2.24) is 0 Å². The van der Waals surface area contributed by atoms with Crippen LogP contribution in [0.4, 0.5) is 10.1 Å². The van der Waals surface area contributed by atoms with E-state index in [2.05, 4.69) is 0 Å². The zero-order chi connectivity index (χ0) is 10.7. The summed E-state index contributed by atoms with van der Waals surface area (Å²) in [6.45, 7) is 0. The highest BCUT2D eigenvalue weighted by molar-refractivity contribution is 6.31. The van der Waals surface area contributed by atoms with Crippen molar-refractivity contribution >= 4 is 17.3 Å². The van der Waals surface area contributed by atoms with Crippen molar-refractivity contribution in [2.45, 2.75) is 6.29 Å². The van der Waals surface area contributed by atoms with Gasteiger partial charge in [0.2, 0.25) is 0 Å². The Kier molecular flexibility index (Phi) is 3.69. The van der Waals surface area contributed by atoms with Gasteiger partial charge in [0, 0.05) is 25.5 Å². The summed E-state index contributed by atoms with van der Waals surface area (Å²) < 4.78 is 23.0. The summed E-state index contributed by atoms with van der Waals surface area (Å²) in [6.07, 6.45) is -0.679. The van der Waals surface area contributed by atoms with Gasteiger partial charge in [-0.1, -0.05) is 11.6 Å². The molecule has 0 spiro atoms. The molecule has 0 aliphatic carbocycles. The molecule has 1 aromatic rings. The van der Waals surface area contributed by atoms with Gasteiger partial charge in [0.25, 0.3) is 0 Å². The second kappa shape index (κ2) is 4.59.